The molecule has 0 radical (unpaired) electrons. The Morgan fingerprint density at radius 1 is 1.50 bits per heavy atom. The van der Waals surface area contributed by atoms with E-state index < -0.39 is 0 Å². The Morgan fingerprint density at radius 3 is 2.25 bits per heavy atom. The number of hydrogen-bond donors (Lipinski definition) is 0. The van der Waals surface area contributed by atoms with E-state index in [2.05, 4.69) is 10.3 Å². The van der Waals surface area contributed by atoms with Crippen molar-refractivity contribution in [2.24, 2.45) is 14.1 Å². The highest BCUT2D eigenvalue weighted by Gasteiger charge is 1.88. The SMILES string of the molecule is Cn1nnc(=S)n1C. The average Bonchev–Trinajstić information content (AvgIpc) is 1.98. The molecule has 0 amide bonds. The van der Waals surface area contributed by atoms with E-state index in [1.807, 2.05) is 7.05 Å². The van der Waals surface area contributed by atoms with E-state index in [1.165, 1.54) is 0 Å². The molecule has 0 aliphatic heterocycles. The van der Waals surface area contributed by atoms with Crippen molar-refractivity contribution in [1.29, 1.82) is 0 Å². The van der Waals surface area contributed by atoms with Gasteiger partial charge in [0.25, 0.3) is 0 Å². The van der Waals surface area contributed by atoms with Crippen molar-refractivity contribution in [2.75, 3.05) is 0 Å². The fourth-order valence-corrected chi connectivity index (χ4v) is 0.506. The average molecular weight is 130 g/mol. The lowest BCUT2D eigenvalue weighted by Crippen LogP contribution is -2.04. The molecule has 0 aliphatic carbocycles. The van der Waals surface area contributed by atoms with Crippen LogP contribution in [-0.4, -0.2) is 19.8 Å². The summed E-state index contributed by atoms with van der Waals surface area (Å²) in [5.41, 5.74) is 0. The lowest BCUT2D eigenvalue weighted by atomic mass is 11.2. The van der Waals surface area contributed by atoms with Gasteiger partial charge in [0, 0.05) is 14.1 Å². The van der Waals surface area contributed by atoms with Crippen LogP contribution in [0.4, 0.5) is 0 Å². The van der Waals surface area contributed by atoms with Crippen LogP contribution in [-0.2, 0) is 14.1 Å². The summed E-state index contributed by atoms with van der Waals surface area (Å²) in [4.78, 5) is 1.57. The zero-order chi connectivity index (χ0) is 6.15. The first-order valence-corrected chi connectivity index (χ1v) is 2.55. The Balaban J connectivity index is 3.41. The van der Waals surface area contributed by atoms with Crippen molar-refractivity contribution in [3.05, 3.63) is 4.77 Å². The van der Waals surface area contributed by atoms with Crippen LogP contribution in [0, 0.1) is 4.77 Å². The van der Waals surface area contributed by atoms with Crippen LogP contribution in [0.3, 0.4) is 0 Å². The van der Waals surface area contributed by atoms with Gasteiger partial charge in [-0.1, -0.05) is 5.10 Å². The predicted octanol–water partition coefficient (Wildman–Crippen LogP) is -0.117. The van der Waals surface area contributed by atoms with Gasteiger partial charge >= 0.3 is 0 Å². The standard InChI is InChI=1S/C3H6N4S/c1-6-3(8)4-5-7(6)2/h1-2H3. The van der Waals surface area contributed by atoms with Crippen LogP contribution in [0.5, 0.6) is 0 Å². The number of hydrogen-bond acceptors (Lipinski definition) is 3. The summed E-state index contributed by atoms with van der Waals surface area (Å²) in [6, 6.07) is 0. The molecule has 0 saturated heterocycles. The number of rotatable bonds is 0. The zero-order valence-electron chi connectivity index (χ0n) is 4.70. The second kappa shape index (κ2) is 1.66. The molecule has 1 rings (SSSR count). The fourth-order valence-electron chi connectivity index (χ4n) is 0.352. The van der Waals surface area contributed by atoms with Gasteiger partial charge in [0.1, 0.15) is 0 Å². The van der Waals surface area contributed by atoms with Gasteiger partial charge in [-0.15, -0.1) is 0 Å². The molecule has 0 aromatic carbocycles. The van der Waals surface area contributed by atoms with E-state index >= 15 is 0 Å². The van der Waals surface area contributed by atoms with Crippen molar-refractivity contribution >= 4 is 12.2 Å². The van der Waals surface area contributed by atoms with E-state index in [0.717, 1.165) is 0 Å². The second-order valence-corrected chi connectivity index (χ2v) is 1.85. The normalized spacial score (nSPS) is 9.75. The maximum absolute atomic E-state index is 4.74. The first-order chi connectivity index (χ1) is 3.72. The lowest BCUT2D eigenvalue weighted by Gasteiger charge is -1.90. The molecule has 0 unspecified atom stereocenters. The van der Waals surface area contributed by atoms with E-state index in [-0.39, 0.29) is 0 Å². The molecule has 5 heteroatoms. The molecule has 0 fully saturated rings. The summed E-state index contributed by atoms with van der Waals surface area (Å²) in [6.45, 7) is 0. The van der Waals surface area contributed by atoms with Crippen LogP contribution < -0.4 is 0 Å². The third-order valence-corrected chi connectivity index (χ3v) is 1.32. The first-order valence-electron chi connectivity index (χ1n) is 2.15. The number of tetrazole rings is 1. The number of aromatic nitrogens is 4. The molecule has 1 heterocycles. The largest absolute Gasteiger partial charge is 0.243 e. The van der Waals surface area contributed by atoms with Crippen LogP contribution in [0.25, 0.3) is 0 Å². The lowest BCUT2D eigenvalue weighted by molar-refractivity contribution is 0.517. The molecule has 0 saturated carbocycles. The highest BCUT2D eigenvalue weighted by Crippen LogP contribution is 1.77. The summed E-state index contributed by atoms with van der Waals surface area (Å²) in [5, 5.41) is 7.25. The minimum absolute atomic E-state index is 0.507. The van der Waals surface area contributed by atoms with Gasteiger partial charge in [-0.25, -0.2) is 4.68 Å². The van der Waals surface area contributed by atoms with Crippen molar-refractivity contribution in [2.45, 2.75) is 0 Å². The van der Waals surface area contributed by atoms with E-state index in [4.69, 9.17) is 12.2 Å². The summed E-state index contributed by atoms with van der Waals surface area (Å²) in [6.07, 6.45) is 0. The molecule has 1 aromatic rings. The Bertz CT molecular complexity index is 234. The molecule has 44 valence electrons. The third kappa shape index (κ3) is 0.645. The van der Waals surface area contributed by atoms with Crippen LogP contribution in [0.2, 0.25) is 0 Å². The minimum Gasteiger partial charge on any atom is -0.243 e. The van der Waals surface area contributed by atoms with Crippen molar-refractivity contribution in [1.82, 2.24) is 19.8 Å². The molecule has 0 spiro atoms. The van der Waals surface area contributed by atoms with Crippen molar-refractivity contribution in [3.8, 4) is 0 Å². The molecular weight excluding hydrogens is 124 g/mol. The monoisotopic (exact) mass is 130 g/mol. The van der Waals surface area contributed by atoms with Gasteiger partial charge in [0.05, 0.1) is 0 Å². The van der Waals surface area contributed by atoms with Gasteiger partial charge in [0.2, 0.25) is 4.77 Å². The molecule has 0 bridgehead atoms. The number of nitrogens with zero attached hydrogens (tertiary/aromatic N) is 4. The highest BCUT2D eigenvalue weighted by atomic mass is 32.1. The van der Waals surface area contributed by atoms with Gasteiger partial charge in [0.15, 0.2) is 0 Å². The molecule has 4 nitrogen and oxygen atoms in total. The Morgan fingerprint density at radius 2 is 2.12 bits per heavy atom. The molecule has 1 aromatic heterocycles. The molecule has 0 N–H and O–H groups in total. The van der Waals surface area contributed by atoms with Gasteiger partial charge in [-0.2, -0.15) is 4.80 Å². The van der Waals surface area contributed by atoms with E-state index in [9.17, 15) is 0 Å². The van der Waals surface area contributed by atoms with E-state index in [0.29, 0.717) is 4.77 Å². The maximum atomic E-state index is 4.74. The van der Waals surface area contributed by atoms with Crippen LogP contribution in [0.15, 0.2) is 0 Å². The minimum atomic E-state index is 0.507. The molecule has 8 heavy (non-hydrogen) atoms. The van der Waals surface area contributed by atoms with Crippen LogP contribution >= 0.6 is 12.2 Å². The Hall–Kier alpha value is -0.710. The summed E-state index contributed by atoms with van der Waals surface area (Å²) < 4.78 is 2.18. The van der Waals surface area contributed by atoms with Gasteiger partial charge in [-0.3, -0.25) is 0 Å². The fraction of sp³-hybridized carbons (Fsp3) is 0.667. The second-order valence-electron chi connectivity index (χ2n) is 1.49. The summed E-state index contributed by atoms with van der Waals surface area (Å²) in [7, 11) is 3.59. The molecule has 0 atom stereocenters. The Kier molecular flexibility index (Phi) is 1.13. The Labute approximate surface area is 51.7 Å². The zero-order valence-corrected chi connectivity index (χ0v) is 5.51. The topological polar surface area (TPSA) is 35.6 Å². The smallest absolute Gasteiger partial charge is 0.238 e. The maximum Gasteiger partial charge on any atom is 0.238 e. The van der Waals surface area contributed by atoms with Crippen molar-refractivity contribution in [3.63, 3.8) is 0 Å². The summed E-state index contributed by atoms with van der Waals surface area (Å²) >= 11 is 4.74. The quantitative estimate of drug-likeness (QED) is 0.459. The number of aryl methyl sites for hydroxylation is 1. The van der Waals surface area contributed by atoms with Gasteiger partial charge in [-0.05, 0) is 17.4 Å². The molecular formula is C3H6N4S. The van der Waals surface area contributed by atoms with Gasteiger partial charge < -0.3 is 0 Å². The van der Waals surface area contributed by atoms with Crippen LogP contribution in [0.1, 0.15) is 0 Å². The third-order valence-electron chi connectivity index (χ3n) is 0.971. The van der Waals surface area contributed by atoms with Crippen molar-refractivity contribution < 1.29 is 0 Å². The first kappa shape index (κ1) is 5.43. The summed E-state index contributed by atoms with van der Waals surface area (Å²) in [5.74, 6) is 0. The molecule has 0 aliphatic rings. The van der Waals surface area contributed by atoms with E-state index in [1.54, 1.807) is 16.5 Å². The highest BCUT2D eigenvalue weighted by molar-refractivity contribution is 7.71. The predicted molar refractivity (Wildman–Crippen MR) is 30.8 cm³/mol.